The number of nitrogens with one attached hydrogen (secondary N) is 1. The quantitative estimate of drug-likeness (QED) is 0.455. The Kier molecular flexibility index (Phi) is 4.66. The van der Waals surface area contributed by atoms with Gasteiger partial charge in [0.05, 0.1) is 4.92 Å². The van der Waals surface area contributed by atoms with Gasteiger partial charge < -0.3 is 5.32 Å². The second-order valence-electron chi connectivity index (χ2n) is 3.69. The number of nitrogens with zero attached hydrogens (tertiary/aromatic N) is 1. The van der Waals surface area contributed by atoms with Gasteiger partial charge in [-0.3, -0.25) is 10.1 Å². The maximum Gasteiger partial charge on any atom is 0.273 e. The summed E-state index contributed by atoms with van der Waals surface area (Å²) in [5, 5.41) is 14.0. The minimum atomic E-state index is -0.352. The third-order valence-corrected chi connectivity index (χ3v) is 2.35. The van der Waals surface area contributed by atoms with Gasteiger partial charge in [-0.25, -0.2) is 0 Å². The standard InChI is InChI=1S/C12H16N2O2/c1-3-6-10(2)13-9-11-7-4-5-8-12(11)14(15)16/h3-5,7-8,10,13H,1,6,9H2,2H3. The third-order valence-electron chi connectivity index (χ3n) is 2.35. The van der Waals surface area contributed by atoms with Crippen molar-refractivity contribution in [1.82, 2.24) is 5.32 Å². The average molecular weight is 220 g/mol. The lowest BCUT2D eigenvalue weighted by atomic mass is 10.1. The molecule has 86 valence electrons. The molecule has 16 heavy (non-hydrogen) atoms. The molecular weight excluding hydrogens is 204 g/mol. The SMILES string of the molecule is C=CCC(C)NCc1ccccc1[N+](=O)[O-]. The number of nitro groups is 1. The molecule has 0 spiro atoms. The van der Waals surface area contributed by atoms with Gasteiger partial charge in [-0.1, -0.05) is 24.3 Å². The molecule has 1 aromatic carbocycles. The minimum Gasteiger partial charge on any atom is -0.310 e. The Morgan fingerprint density at radius 3 is 2.88 bits per heavy atom. The van der Waals surface area contributed by atoms with Gasteiger partial charge in [-0.15, -0.1) is 6.58 Å². The maximum atomic E-state index is 10.8. The van der Waals surface area contributed by atoms with E-state index in [0.717, 1.165) is 6.42 Å². The summed E-state index contributed by atoms with van der Waals surface area (Å²) < 4.78 is 0. The Bertz CT molecular complexity index is 377. The number of rotatable bonds is 6. The normalized spacial score (nSPS) is 12.1. The Balaban J connectivity index is 2.66. The molecule has 0 aliphatic rings. The van der Waals surface area contributed by atoms with Crippen LogP contribution < -0.4 is 5.32 Å². The van der Waals surface area contributed by atoms with Crippen molar-refractivity contribution < 1.29 is 4.92 Å². The molecule has 1 aromatic rings. The summed E-state index contributed by atoms with van der Waals surface area (Å²) in [6, 6.07) is 7.05. The van der Waals surface area contributed by atoms with Gasteiger partial charge in [0.2, 0.25) is 0 Å². The van der Waals surface area contributed by atoms with Crippen molar-refractivity contribution in [2.24, 2.45) is 0 Å². The van der Waals surface area contributed by atoms with Crippen molar-refractivity contribution in [3.8, 4) is 0 Å². The summed E-state index contributed by atoms with van der Waals surface area (Å²) in [7, 11) is 0. The van der Waals surface area contributed by atoms with Crippen LogP contribution in [0.1, 0.15) is 18.9 Å². The van der Waals surface area contributed by atoms with Crippen LogP contribution in [-0.4, -0.2) is 11.0 Å². The molecule has 0 amide bonds. The highest BCUT2D eigenvalue weighted by Crippen LogP contribution is 2.17. The number of para-hydroxylation sites is 1. The van der Waals surface area contributed by atoms with Gasteiger partial charge in [0.15, 0.2) is 0 Å². The first-order chi connectivity index (χ1) is 7.65. The van der Waals surface area contributed by atoms with E-state index < -0.39 is 0 Å². The van der Waals surface area contributed by atoms with E-state index in [0.29, 0.717) is 12.1 Å². The first-order valence-electron chi connectivity index (χ1n) is 5.21. The monoisotopic (exact) mass is 220 g/mol. The minimum absolute atomic E-state index is 0.167. The topological polar surface area (TPSA) is 55.2 Å². The third kappa shape index (κ3) is 3.47. The maximum absolute atomic E-state index is 10.8. The zero-order valence-corrected chi connectivity index (χ0v) is 9.35. The van der Waals surface area contributed by atoms with Crippen LogP contribution in [0.5, 0.6) is 0 Å². The fourth-order valence-electron chi connectivity index (χ4n) is 1.46. The lowest BCUT2D eigenvalue weighted by molar-refractivity contribution is -0.385. The highest BCUT2D eigenvalue weighted by atomic mass is 16.6. The largest absolute Gasteiger partial charge is 0.310 e. The molecule has 0 aliphatic heterocycles. The van der Waals surface area contributed by atoms with Crippen LogP contribution in [0.3, 0.4) is 0 Å². The molecule has 1 rings (SSSR count). The zero-order valence-electron chi connectivity index (χ0n) is 9.35. The molecule has 0 heterocycles. The number of hydrogen-bond donors (Lipinski definition) is 1. The number of hydrogen-bond acceptors (Lipinski definition) is 3. The predicted octanol–water partition coefficient (Wildman–Crippen LogP) is 2.65. The first-order valence-corrected chi connectivity index (χ1v) is 5.21. The van der Waals surface area contributed by atoms with Crippen molar-refractivity contribution in [2.75, 3.05) is 0 Å². The van der Waals surface area contributed by atoms with Crippen molar-refractivity contribution in [3.05, 3.63) is 52.6 Å². The van der Waals surface area contributed by atoms with E-state index in [-0.39, 0.29) is 16.7 Å². The summed E-state index contributed by atoms with van der Waals surface area (Å²) in [6.45, 7) is 6.18. The highest BCUT2D eigenvalue weighted by Gasteiger charge is 2.12. The van der Waals surface area contributed by atoms with Crippen LogP contribution in [0.4, 0.5) is 5.69 Å². The van der Waals surface area contributed by atoms with E-state index in [4.69, 9.17) is 0 Å². The highest BCUT2D eigenvalue weighted by molar-refractivity contribution is 5.39. The lowest BCUT2D eigenvalue weighted by Gasteiger charge is -2.11. The molecule has 0 aromatic heterocycles. The second kappa shape index (κ2) is 6.02. The summed E-state index contributed by atoms with van der Waals surface area (Å²) in [4.78, 5) is 10.4. The summed E-state index contributed by atoms with van der Waals surface area (Å²) in [5.41, 5.74) is 0.879. The fraction of sp³-hybridized carbons (Fsp3) is 0.333. The Morgan fingerprint density at radius 2 is 2.25 bits per heavy atom. The van der Waals surface area contributed by atoms with E-state index in [1.807, 2.05) is 19.1 Å². The smallest absolute Gasteiger partial charge is 0.273 e. The van der Waals surface area contributed by atoms with Crippen LogP contribution in [0.15, 0.2) is 36.9 Å². The molecule has 0 fully saturated rings. The van der Waals surface area contributed by atoms with Crippen LogP contribution in [0, 0.1) is 10.1 Å². The van der Waals surface area contributed by atoms with Crippen LogP contribution >= 0.6 is 0 Å². The molecule has 4 nitrogen and oxygen atoms in total. The van der Waals surface area contributed by atoms with Crippen LogP contribution in [-0.2, 0) is 6.54 Å². The predicted molar refractivity (Wildman–Crippen MR) is 64.2 cm³/mol. The van der Waals surface area contributed by atoms with Gasteiger partial charge in [0, 0.05) is 24.2 Å². The summed E-state index contributed by atoms with van der Waals surface area (Å²) in [5.74, 6) is 0. The fourth-order valence-corrected chi connectivity index (χ4v) is 1.46. The molecule has 0 aliphatic carbocycles. The zero-order chi connectivity index (χ0) is 12.0. The van der Waals surface area contributed by atoms with Crippen LogP contribution in [0.2, 0.25) is 0 Å². The molecule has 0 saturated carbocycles. The van der Waals surface area contributed by atoms with E-state index in [1.165, 1.54) is 6.07 Å². The molecule has 0 radical (unpaired) electrons. The van der Waals surface area contributed by atoms with Crippen molar-refractivity contribution in [1.29, 1.82) is 0 Å². The molecular formula is C12H16N2O2. The number of benzene rings is 1. The van der Waals surface area contributed by atoms with Crippen LogP contribution in [0.25, 0.3) is 0 Å². The van der Waals surface area contributed by atoms with Gasteiger partial charge in [0.25, 0.3) is 5.69 Å². The van der Waals surface area contributed by atoms with E-state index >= 15 is 0 Å². The van der Waals surface area contributed by atoms with E-state index in [1.54, 1.807) is 12.1 Å². The summed E-state index contributed by atoms with van der Waals surface area (Å²) in [6.07, 6.45) is 2.68. The van der Waals surface area contributed by atoms with Gasteiger partial charge in [-0.05, 0) is 13.3 Å². The van der Waals surface area contributed by atoms with Gasteiger partial charge in [0.1, 0.15) is 0 Å². The molecule has 0 saturated heterocycles. The van der Waals surface area contributed by atoms with Crippen molar-refractivity contribution >= 4 is 5.69 Å². The van der Waals surface area contributed by atoms with Crippen molar-refractivity contribution in [2.45, 2.75) is 25.9 Å². The second-order valence-corrected chi connectivity index (χ2v) is 3.69. The van der Waals surface area contributed by atoms with Gasteiger partial charge >= 0.3 is 0 Å². The molecule has 0 bridgehead atoms. The molecule has 4 heteroatoms. The summed E-state index contributed by atoms with van der Waals surface area (Å²) >= 11 is 0. The molecule has 1 unspecified atom stereocenters. The molecule has 1 atom stereocenters. The van der Waals surface area contributed by atoms with Crippen molar-refractivity contribution in [3.63, 3.8) is 0 Å². The lowest BCUT2D eigenvalue weighted by Crippen LogP contribution is -2.25. The van der Waals surface area contributed by atoms with E-state index in [2.05, 4.69) is 11.9 Å². The van der Waals surface area contributed by atoms with Gasteiger partial charge in [-0.2, -0.15) is 0 Å². The number of nitro benzene ring substituents is 1. The Hall–Kier alpha value is -1.68. The Labute approximate surface area is 95.1 Å². The average Bonchev–Trinajstić information content (AvgIpc) is 2.27. The van der Waals surface area contributed by atoms with E-state index in [9.17, 15) is 10.1 Å². The molecule has 1 N–H and O–H groups in total. The first kappa shape index (κ1) is 12.4. The Morgan fingerprint density at radius 1 is 1.56 bits per heavy atom.